The lowest BCUT2D eigenvalue weighted by molar-refractivity contribution is -0.152. The highest BCUT2D eigenvalue weighted by Gasteiger charge is 2.12. The lowest BCUT2D eigenvalue weighted by Gasteiger charge is -2.12. The topological polar surface area (TPSA) is 72.8 Å². The zero-order valence-electron chi connectivity index (χ0n) is 27.0. The Morgan fingerprint density at radius 1 is 0.500 bits per heavy atom. The molecule has 0 aromatic heterocycles. The van der Waals surface area contributed by atoms with Gasteiger partial charge < -0.3 is 14.6 Å². The van der Waals surface area contributed by atoms with Gasteiger partial charge in [0.2, 0.25) is 0 Å². The molecule has 0 unspecified atom stereocenters. The summed E-state index contributed by atoms with van der Waals surface area (Å²) in [7, 11) is 0. The number of carbonyl (C=O) groups excluding carboxylic acids is 2. The summed E-state index contributed by atoms with van der Waals surface area (Å²) in [6, 6.07) is 0. The standard InChI is InChI=1S/C35H68O5/c1-4-5-6-7-8-9-10-11-12-16-19-22-25-28-34(37)39-30-33(36)31-40-35(38)29-26-23-20-17-14-13-15-18-21-24-27-32(2)3/h32-33,36H,4-31H2,1-3H3/t33-/m1/s1. The Labute approximate surface area is 248 Å². The highest BCUT2D eigenvalue weighted by atomic mass is 16.6. The van der Waals surface area contributed by atoms with Crippen LogP contribution in [0.25, 0.3) is 0 Å². The number of hydrogen-bond donors (Lipinski definition) is 1. The van der Waals surface area contributed by atoms with Gasteiger partial charge in [-0.2, -0.15) is 0 Å². The number of hydrogen-bond acceptors (Lipinski definition) is 5. The molecule has 0 spiro atoms. The molecule has 0 amide bonds. The van der Waals surface area contributed by atoms with Crippen molar-refractivity contribution >= 4 is 11.9 Å². The first-order valence-corrected chi connectivity index (χ1v) is 17.4. The van der Waals surface area contributed by atoms with Crippen molar-refractivity contribution in [1.29, 1.82) is 0 Å². The summed E-state index contributed by atoms with van der Waals surface area (Å²) in [5.74, 6) is 0.272. The average molecular weight is 569 g/mol. The fraction of sp³-hybridized carbons (Fsp3) is 0.943. The predicted molar refractivity (Wildman–Crippen MR) is 168 cm³/mol. The van der Waals surface area contributed by atoms with Gasteiger partial charge >= 0.3 is 11.9 Å². The van der Waals surface area contributed by atoms with Crippen molar-refractivity contribution in [2.24, 2.45) is 5.92 Å². The van der Waals surface area contributed by atoms with Gasteiger partial charge in [-0.3, -0.25) is 9.59 Å². The van der Waals surface area contributed by atoms with Crippen LogP contribution in [0.5, 0.6) is 0 Å². The monoisotopic (exact) mass is 569 g/mol. The van der Waals surface area contributed by atoms with Gasteiger partial charge in [-0.1, -0.05) is 162 Å². The molecule has 5 nitrogen and oxygen atoms in total. The summed E-state index contributed by atoms with van der Waals surface area (Å²) in [6.45, 7) is 6.63. The maximum atomic E-state index is 11.9. The highest BCUT2D eigenvalue weighted by molar-refractivity contribution is 5.69. The van der Waals surface area contributed by atoms with Crippen LogP contribution in [0.3, 0.4) is 0 Å². The summed E-state index contributed by atoms with van der Waals surface area (Å²) in [4.78, 5) is 23.8. The molecule has 0 radical (unpaired) electrons. The van der Waals surface area contributed by atoms with Crippen LogP contribution in [0.2, 0.25) is 0 Å². The van der Waals surface area contributed by atoms with Gasteiger partial charge in [0.05, 0.1) is 0 Å². The number of esters is 2. The molecular formula is C35H68O5. The highest BCUT2D eigenvalue weighted by Crippen LogP contribution is 2.15. The first-order chi connectivity index (χ1) is 19.5. The van der Waals surface area contributed by atoms with E-state index in [1.54, 1.807) is 0 Å². The van der Waals surface area contributed by atoms with Gasteiger partial charge in [0.15, 0.2) is 0 Å². The van der Waals surface area contributed by atoms with E-state index >= 15 is 0 Å². The van der Waals surface area contributed by atoms with Crippen LogP contribution >= 0.6 is 0 Å². The van der Waals surface area contributed by atoms with Crippen LogP contribution < -0.4 is 0 Å². The molecule has 0 aromatic carbocycles. The summed E-state index contributed by atoms with van der Waals surface area (Å²) in [6.07, 6.45) is 30.1. The third-order valence-corrected chi connectivity index (χ3v) is 7.77. The molecule has 0 aromatic rings. The Morgan fingerprint density at radius 2 is 0.800 bits per heavy atom. The fourth-order valence-corrected chi connectivity index (χ4v) is 5.09. The number of aliphatic hydroxyl groups excluding tert-OH is 1. The SMILES string of the molecule is CCCCCCCCCCCCCCCC(=O)OC[C@@H](O)COC(=O)CCCCCCCCCCCCC(C)C. The van der Waals surface area contributed by atoms with Crippen LogP contribution in [0.15, 0.2) is 0 Å². The summed E-state index contributed by atoms with van der Waals surface area (Å²) in [5, 5.41) is 9.96. The van der Waals surface area contributed by atoms with E-state index in [0.29, 0.717) is 12.8 Å². The van der Waals surface area contributed by atoms with Gasteiger partial charge in [0.25, 0.3) is 0 Å². The van der Waals surface area contributed by atoms with Crippen LogP contribution in [0.4, 0.5) is 0 Å². The predicted octanol–water partition coefficient (Wildman–Crippen LogP) is 10.3. The second-order valence-electron chi connectivity index (χ2n) is 12.5. The smallest absolute Gasteiger partial charge is 0.305 e. The minimum atomic E-state index is -0.954. The minimum Gasteiger partial charge on any atom is -0.463 e. The lowest BCUT2D eigenvalue weighted by Crippen LogP contribution is -2.25. The molecule has 0 bridgehead atoms. The minimum absolute atomic E-state index is 0.109. The van der Waals surface area contributed by atoms with Gasteiger partial charge in [-0.05, 0) is 18.8 Å². The third kappa shape index (κ3) is 31.4. The molecule has 0 aliphatic carbocycles. The number of carbonyl (C=O) groups is 2. The largest absolute Gasteiger partial charge is 0.463 e. The number of unbranched alkanes of at least 4 members (excludes halogenated alkanes) is 21. The quantitative estimate of drug-likeness (QED) is 0.0665. The van der Waals surface area contributed by atoms with E-state index in [0.717, 1.165) is 31.6 Å². The summed E-state index contributed by atoms with van der Waals surface area (Å²) >= 11 is 0. The molecule has 0 aliphatic rings. The Balaban J connectivity index is 3.40. The van der Waals surface area contributed by atoms with Crippen molar-refractivity contribution in [3.8, 4) is 0 Å². The fourth-order valence-electron chi connectivity index (χ4n) is 5.09. The molecule has 0 saturated heterocycles. The van der Waals surface area contributed by atoms with Crippen LogP contribution in [-0.2, 0) is 19.1 Å². The molecule has 5 heteroatoms. The van der Waals surface area contributed by atoms with E-state index in [1.165, 1.54) is 128 Å². The number of ether oxygens (including phenoxy) is 2. The van der Waals surface area contributed by atoms with Crippen LogP contribution in [0.1, 0.15) is 188 Å². The Bertz CT molecular complexity index is 548. The van der Waals surface area contributed by atoms with E-state index in [9.17, 15) is 14.7 Å². The summed E-state index contributed by atoms with van der Waals surface area (Å²) < 4.78 is 10.3. The molecule has 238 valence electrons. The zero-order chi connectivity index (χ0) is 29.5. The molecule has 0 fully saturated rings. The van der Waals surface area contributed by atoms with E-state index in [1.807, 2.05) is 0 Å². The Morgan fingerprint density at radius 3 is 1.12 bits per heavy atom. The molecule has 1 N–H and O–H groups in total. The van der Waals surface area contributed by atoms with Crippen molar-refractivity contribution < 1.29 is 24.2 Å². The second kappa shape index (κ2) is 30.8. The number of aliphatic hydroxyl groups is 1. The first-order valence-electron chi connectivity index (χ1n) is 17.4. The van der Waals surface area contributed by atoms with Gasteiger partial charge in [0.1, 0.15) is 19.3 Å². The van der Waals surface area contributed by atoms with Crippen molar-refractivity contribution in [2.45, 2.75) is 194 Å². The molecule has 40 heavy (non-hydrogen) atoms. The van der Waals surface area contributed by atoms with E-state index < -0.39 is 6.10 Å². The van der Waals surface area contributed by atoms with Crippen LogP contribution in [0, 0.1) is 5.92 Å². The molecule has 0 aliphatic heterocycles. The van der Waals surface area contributed by atoms with Crippen molar-refractivity contribution in [1.82, 2.24) is 0 Å². The van der Waals surface area contributed by atoms with Gasteiger partial charge in [0, 0.05) is 12.8 Å². The third-order valence-electron chi connectivity index (χ3n) is 7.77. The molecule has 1 atom stereocenters. The molecule has 0 saturated carbocycles. The normalized spacial score (nSPS) is 12.1. The lowest BCUT2D eigenvalue weighted by atomic mass is 10.0. The zero-order valence-corrected chi connectivity index (χ0v) is 27.0. The van der Waals surface area contributed by atoms with Crippen molar-refractivity contribution in [3.63, 3.8) is 0 Å². The summed E-state index contributed by atoms with van der Waals surface area (Å²) in [5.41, 5.74) is 0. The van der Waals surface area contributed by atoms with E-state index in [-0.39, 0.29) is 25.2 Å². The Hall–Kier alpha value is -1.10. The van der Waals surface area contributed by atoms with E-state index in [2.05, 4.69) is 20.8 Å². The van der Waals surface area contributed by atoms with Crippen molar-refractivity contribution in [3.05, 3.63) is 0 Å². The number of rotatable bonds is 31. The first kappa shape index (κ1) is 38.9. The van der Waals surface area contributed by atoms with Gasteiger partial charge in [-0.15, -0.1) is 0 Å². The van der Waals surface area contributed by atoms with Gasteiger partial charge in [-0.25, -0.2) is 0 Å². The maximum Gasteiger partial charge on any atom is 0.305 e. The maximum absolute atomic E-state index is 11.9. The second-order valence-corrected chi connectivity index (χ2v) is 12.5. The molecule has 0 heterocycles. The average Bonchev–Trinajstić information content (AvgIpc) is 2.93. The molecule has 0 rings (SSSR count). The van der Waals surface area contributed by atoms with E-state index in [4.69, 9.17) is 9.47 Å². The Kier molecular flexibility index (Phi) is 30.0. The van der Waals surface area contributed by atoms with Crippen LogP contribution in [-0.4, -0.2) is 36.4 Å². The van der Waals surface area contributed by atoms with Crippen molar-refractivity contribution in [2.75, 3.05) is 13.2 Å². The molecular weight excluding hydrogens is 500 g/mol.